The van der Waals surface area contributed by atoms with E-state index >= 15 is 0 Å². The van der Waals surface area contributed by atoms with Gasteiger partial charge in [-0.3, -0.25) is 0 Å². The first-order valence-corrected chi connectivity index (χ1v) is 6.39. The summed E-state index contributed by atoms with van der Waals surface area (Å²) >= 11 is 0. The number of carbonyl (C=O) groups is 2. The van der Waals surface area contributed by atoms with Gasteiger partial charge >= 0.3 is 12.1 Å². The molecule has 1 atom stereocenters. The Morgan fingerprint density at radius 2 is 1.91 bits per heavy atom. The topological polar surface area (TPSA) is 95.9 Å². The lowest BCUT2D eigenvalue weighted by atomic mass is 10.0. The second kappa shape index (κ2) is 6.59. The van der Waals surface area contributed by atoms with Gasteiger partial charge in [-0.25, -0.2) is 14.0 Å². The summed E-state index contributed by atoms with van der Waals surface area (Å²) in [5, 5.41) is 20.6. The highest BCUT2D eigenvalue weighted by atomic mass is 19.2. The highest BCUT2D eigenvalue weighted by Gasteiger charge is 2.26. The van der Waals surface area contributed by atoms with Gasteiger partial charge in [0.2, 0.25) is 5.82 Å². The largest absolute Gasteiger partial charge is 0.505 e. The molecule has 0 saturated carbocycles. The van der Waals surface area contributed by atoms with Gasteiger partial charge in [-0.1, -0.05) is 6.07 Å². The van der Waals surface area contributed by atoms with E-state index in [1.54, 1.807) is 20.8 Å². The molecule has 0 radical (unpaired) electrons. The number of carboxylic acid groups (broad SMARTS) is 1. The van der Waals surface area contributed by atoms with E-state index < -0.39 is 47.5 Å². The van der Waals surface area contributed by atoms with Gasteiger partial charge in [-0.05, 0) is 32.4 Å². The predicted molar refractivity (Wildman–Crippen MR) is 72.5 cm³/mol. The molecule has 3 N–H and O–H groups in total. The summed E-state index contributed by atoms with van der Waals surface area (Å²) in [5.74, 6) is -5.13. The zero-order chi connectivity index (χ0) is 17.1. The molecule has 122 valence electrons. The van der Waals surface area contributed by atoms with Crippen LogP contribution in [-0.4, -0.2) is 33.9 Å². The summed E-state index contributed by atoms with van der Waals surface area (Å²) < 4.78 is 31.1. The lowest BCUT2D eigenvalue weighted by Gasteiger charge is -2.22. The van der Waals surface area contributed by atoms with Gasteiger partial charge in [-0.15, -0.1) is 0 Å². The maximum Gasteiger partial charge on any atom is 0.408 e. The van der Waals surface area contributed by atoms with Crippen molar-refractivity contribution < 1.29 is 33.3 Å². The molecule has 1 amide bonds. The Hall–Kier alpha value is -2.38. The molecule has 0 aromatic heterocycles. The van der Waals surface area contributed by atoms with Crippen LogP contribution in [0.1, 0.15) is 26.3 Å². The molecular formula is C14H17F2NO5. The fourth-order valence-corrected chi connectivity index (χ4v) is 1.61. The lowest BCUT2D eigenvalue weighted by Crippen LogP contribution is -2.44. The Kier molecular flexibility index (Phi) is 5.29. The van der Waals surface area contributed by atoms with Crippen molar-refractivity contribution in [3.05, 3.63) is 29.3 Å². The Labute approximate surface area is 125 Å². The number of hydrogen-bond acceptors (Lipinski definition) is 4. The minimum absolute atomic E-state index is 0.151. The molecule has 1 aromatic rings. The molecule has 0 bridgehead atoms. The molecule has 0 saturated heterocycles. The molecule has 0 spiro atoms. The number of halogens is 2. The number of aliphatic carboxylic acids is 1. The van der Waals surface area contributed by atoms with Gasteiger partial charge in [0, 0.05) is 6.42 Å². The first-order valence-electron chi connectivity index (χ1n) is 6.39. The standard InChI is InChI=1S/C14H17F2NO5/c1-14(2,3)22-13(21)17-9(12(19)20)6-7-4-5-8(15)10(16)11(7)18/h4-5,9,18H,6H2,1-3H3,(H,17,21)(H,19,20). The third kappa shape index (κ3) is 4.87. The zero-order valence-electron chi connectivity index (χ0n) is 12.3. The molecule has 8 heteroatoms. The first kappa shape index (κ1) is 17.7. The predicted octanol–water partition coefficient (Wildman–Crippen LogP) is 2.19. The van der Waals surface area contributed by atoms with Crippen molar-refractivity contribution in [3.63, 3.8) is 0 Å². The van der Waals surface area contributed by atoms with Crippen molar-refractivity contribution in [2.24, 2.45) is 0 Å². The van der Waals surface area contributed by atoms with E-state index in [9.17, 15) is 23.5 Å². The normalized spacial score (nSPS) is 12.6. The Bertz CT molecular complexity index is 583. The number of amides is 1. The number of carboxylic acids is 1. The maximum absolute atomic E-state index is 13.2. The quantitative estimate of drug-likeness (QED) is 0.791. The number of nitrogens with one attached hydrogen (secondary N) is 1. The Balaban J connectivity index is 2.88. The summed E-state index contributed by atoms with van der Waals surface area (Å²) in [6.45, 7) is 4.80. The van der Waals surface area contributed by atoms with Crippen LogP contribution in [0.3, 0.4) is 0 Å². The molecule has 0 aliphatic heterocycles. The summed E-state index contributed by atoms with van der Waals surface area (Å²) in [6, 6.07) is 0.336. The fraction of sp³-hybridized carbons (Fsp3) is 0.429. The number of alkyl carbamates (subject to hydrolysis) is 1. The van der Waals surface area contributed by atoms with Gasteiger partial charge < -0.3 is 20.3 Å². The first-order chi connectivity index (χ1) is 10.0. The van der Waals surface area contributed by atoms with Crippen LogP contribution in [0.15, 0.2) is 12.1 Å². The van der Waals surface area contributed by atoms with E-state index in [0.29, 0.717) is 0 Å². The highest BCUT2D eigenvalue weighted by Crippen LogP contribution is 2.24. The van der Waals surface area contributed by atoms with Gasteiger partial charge in [0.25, 0.3) is 0 Å². The van der Waals surface area contributed by atoms with Crippen LogP contribution < -0.4 is 5.32 Å². The van der Waals surface area contributed by atoms with Gasteiger partial charge in [0.1, 0.15) is 11.6 Å². The summed E-state index contributed by atoms with van der Waals surface area (Å²) in [7, 11) is 0. The van der Waals surface area contributed by atoms with Gasteiger partial charge in [0.15, 0.2) is 11.6 Å². The summed E-state index contributed by atoms with van der Waals surface area (Å²) in [5.41, 5.74) is -0.973. The number of benzene rings is 1. The van der Waals surface area contributed by atoms with Crippen LogP contribution in [0.2, 0.25) is 0 Å². The maximum atomic E-state index is 13.2. The highest BCUT2D eigenvalue weighted by molar-refractivity contribution is 5.80. The number of aromatic hydroxyl groups is 1. The van der Waals surface area contributed by atoms with E-state index in [0.717, 1.165) is 12.1 Å². The molecular weight excluding hydrogens is 300 g/mol. The van der Waals surface area contributed by atoms with Crippen LogP contribution in [0, 0.1) is 11.6 Å². The number of hydrogen-bond donors (Lipinski definition) is 3. The molecule has 0 aliphatic carbocycles. The fourth-order valence-electron chi connectivity index (χ4n) is 1.61. The van der Waals surface area contributed by atoms with Crippen molar-refractivity contribution in [1.29, 1.82) is 0 Å². The molecule has 0 aliphatic rings. The molecule has 1 unspecified atom stereocenters. The van der Waals surface area contributed by atoms with Crippen LogP contribution in [0.25, 0.3) is 0 Å². The van der Waals surface area contributed by atoms with Crippen molar-refractivity contribution in [1.82, 2.24) is 5.32 Å². The number of phenolic OH excluding ortho intramolecular Hbond substituents is 1. The zero-order valence-corrected chi connectivity index (χ0v) is 12.3. The molecule has 1 rings (SSSR count). The SMILES string of the molecule is CC(C)(C)OC(=O)NC(Cc1ccc(F)c(F)c1O)C(=O)O. The Morgan fingerprint density at radius 3 is 2.41 bits per heavy atom. The van der Waals surface area contributed by atoms with Crippen LogP contribution in [0.5, 0.6) is 5.75 Å². The monoisotopic (exact) mass is 317 g/mol. The van der Waals surface area contributed by atoms with E-state index in [-0.39, 0.29) is 5.56 Å². The van der Waals surface area contributed by atoms with Crippen LogP contribution in [-0.2, 0) is 16.0 Å². The average molecular weight is 317 g/mol. The molecule has 22 heavy (non-hydrogen) atoms. The van der Waals surface area contributed by atoms with Crippen molar-refractivity contribution >= 4 is 12.1 Å². The Morgan fingerprint density at radius 1 is 1.32 bits per heavy atom. The van der Waals surface area contributed by atoms with Crippen molar-refractivity contribution in [2.45, 2.75) is 38.8 Å². The minimum atomic E-state index is -1.47. The number of carbonyl (C=O) groups excluding carboxylic acids is 1. The molecule has 6 nitrogen and oxygen atoms in total. The number of phenols is 1. The lowest BCUT2D eigenvalue weighted by molar-refractivity contribution is -0.139. The second-order valence-electron chi connectivity index (χ2n) is 5.61. The summed E-state index contributed by atoms with van der Waals surface area (Å²) in [4.78, 5) is 22.7. The van der Waals surface area contributed by atoms with Crippen LogP contribution in [0.4, 0.5) is 13.6 Å². The third-order valence-electron chi connectivity index (χ3n) is 2.57. The van der Waals surface area contributed by atoms with Crippen LogP contribution >= 0.6 is 0 Å². The molecule has 1 aromatic carbocycles. The van der Waals surface area contributed by atoms with E-state index in [2.05, 4.69) is 5.32 Å². The summed E-state index contributed by atoms with van der Waals surface area (Å²) in [6.07, 6.45) is -1.40. The third-order valence-corrected chi connectivity index (χ3v) is 2.57. The molecule has 0 fully saturated rings. The van der Waals surface area contributed by atoms with Crippen molar-refractivity contribution in [3.8, 4) is 5.75 Å². The minimum Gasteiger partial charge on any atom is -0.505 e. The van der Waals surface area contributed by atoms with E-state index in [4.69, 9.17) is 9.84 Å². The number of ether oxygens (including phenoxy) is 1. The smallest absolute Gasteiger partial charge is 0.408 e. The average Bonchev–Trinajstić information content (AvgIpc) is 2.36. The number of rotatable bonds is 4. The van der Waals surface area contributed by atoms with Gasteiger partial charge in [-0.2, -0.15) is 4.39 Å². The second-order valence-corrected chi connectivity index (χ2v) is 5.61. The van der Waals surface area contributed by atoms with E-state index in [1.165, 1.54) is 0 Å². The van der Waals surface area contributed by atoms with E-state index in [1.807, 2.05) is 0 Å². The van der Waals surface area contributed by atoms with Crippen molar-refractivity contribution in [2.75, 3.05) is 0 Å². The molecule has 0 heterocycles. The van der Waals surface area contributed by atoms with Gasteiger partial charge in [0.05, 0.1) is 0 Å².